The summed E-state index contributed by atoms with van der Waals surface area (Å²) in [6.45, 7) is 0. The van der Waals surface area contributed by atoms with Crippen LogP contribution in [-0.2, 0) is 16.8 Å². The maximum absolute atomic E-state index is 10.4. The van der Waals surface area contributed by atoms with Gasteiger partial charge < -0.3 is 0 Å². The third-order valence-electron chi connectivity index (χ3n) is 3.23. The number of hydrogen-bond acceptors (Lipinski definition) is 3. The smallest absolute Gasteiger partial charge is 0.211 e. The number of hydrogen-bond donors (Lipinski definition) is 0. The Morgan fingerprint density at radius 2 is 2.27 bits per heavy atom. The predicted octanol–water partition coefficient (Wildman–Crippen LogP) is 2.66. The average Bonchev–Trinajstić information content (AvgIpc) is 2.88. The van der Waals surface area contributed by atoms with E-state index < -0.39 is 0 Å². The van der Waals surface area contributed by atoms with Gasteiger partial charge in [0.25, 0.3) is 0 Å². The maximum Gasteiger partial charge on any atom is 0.235 e. The quantitative estimate of drug-likeness (QED) is 0.563. The molecule has 1 aromatic carbocycles. The van der Waals surface area contributed by atoms with Crippen molar-refractivity contribution in [1.29, 1.82) is 0 Å². The topological polar surface area (TPSA) is 29.4 Å². The number of isocyanates is 1. The molecule has 0 atom stereocenters. The molecule has 2 nitrogen and oxygen atoms in total. The van der Waals surface area contributed by atoms with Crippen LogP contribution in [0.1, 0.15) is 24.0 Å². The highest BCUT2D eigenvalue weighted by atomic mass is 32.2. The van der Waals surface area contributed by atoms with E-state index in [0.717, 1.165) is 25.0 Å². The lowest BCUT2D eigenvalue weighted by Crippen LogP contribution is -2.06. The summed E-state index contributed by atoms with van der Waals surface area (Å²) >= 11 is 1.90. The van der Waals surface area contributed by atoms with Gasteiger partial charge in [0.15, 0.2) is 0 Å². The van der Waals surface area contributed by atoms with Crippen molar-refractivity contribution in [2.45, 2.75) is 29.7 Å². The van der Waals surface area contributed by atoms with E-state index in [4.69, 9.17) is 0 Å². The van der Waals surface area contributed by atoms with Gasteiger partial charge in [-0.3, -0.25) is 0 Å². The van der Waals surface area contributed by atoms with Crippen molar-refractivity contribution in [2.75, 3.05) is 5.75 Å². The van der Waals surface area contributed by atoms with E-state index in [2.05, 4.69) is 23.2 Å². The number of carbonyl (C=O) groups excluding carboxylic acids is 1. The second kappa shape index (κ2) is 3.22. The van der Waals surface area contributed by atoms with Crippen LogP contribution in [0.15, 0.2) is 28.1 Å². The molecule has 0 saturated heterocycles. The number of nitrogens with zero attached hydrogens (tertiary/aromatic N) is 1. The molecule has 1 heterocycles. The van der Waals surface area contributed by atoms with E-state index >= 15 is 0 Å². The van der Waals surface area contributed by atoms with Crippen molar-refractivity contribution >= 4 is 17.8 Å². The first-order valence-corrected chi connectivity index (χ1v) is 6.18. The molecular formula is C12H11NOS. The minimum atomic E-state index is -0.196. The number of fused-ring (bicyclic) bond motifs is 1. The van der Waals surface area contributed by atoms with Crippen molar-refractivity contribution in [1.82, 2.24) is 0 Å². The summed E-state index contributed by atoms with van der Waals surface area (Å²) in [7, 11) is 0. The minimum absolute atomic E-state index is 0.196. The standard InChI is InChI=1S/C12H11NOS/c14-8-13-12(5-6-12)10-2-1-3-11-9(10)4-7-15-11/h1-3H,4-7H2. The van der Waals surface area contributed by atoms with Gasteiger partial charge in [-0.1, -0.05) is 12.1 Å². The largest absolute Gasteiger partial charge is 0.235 e. The van der Waals surface area contributed by atoms with Gasteiger partial charge in [-0.05, 0) is 36.5 Å². The minimum Gasteiger partial charge on any atom is -0.211 e. The molecule has 0 radical (unpaired) electrons. The first-order valence-electron chi connectivity index (χ1n) is 5.20. The summed E-state index contributed by atoms with van der Waals surface area (Å²) in [5.41, 5.74) is 2.49. The van der Waals surface area contributed by atoms with Crippen LogP contribution in [-0.4, -0.2) is 11.8 Å². The van der Waals surface area contributed by atoms with E-state index in [0.29, 0.717) is 0 Å². The van der Waals surface area contributed by atoms with Gasteiger partial charge in [-0.2, -0.15) is 4.99 Å². The van der Waals surface area contributed by atoms with Crippen LogP contribution in [0.25, 0.3) is 0 Å². The molecule has 15 heavy (non-hydrogen) atoms. The third-order valence-corrected chi connectivity index (χ3v) is 4.33. The van der Waals surface area contributed by atoms with Crippen molar-refractivity contribution in [3.05, 3.63) is 29.3 Å². The molecule has 0 aromatic heterocycles. The van der Waals surface area contributed by atoms with Crippen LogP contribution in [0, 0.1) is 0 Å². The van der Waals surface area contributed by atoms with Crippen LogP contribution >= 0.6 is 11.8 Å². The Balaban J connectivity index is 2.13. The molecular weight excluding hydrogens is 206 g/mol. The molecule has 1 aliphatic heterocycles. The summed E-state index contributed by atoms with van der Waals surface area (Å²) < 4.78 is 0. The second-order valence-electron chi connectivity index (χ2n) is 4.12. The molecule has 0 spiro atoms. The van der Waals surface area contributed by atoms with E-state index in [-0.39, 0.29) is 5.54 Å². The normalized spacial score (nSPS) is 20.5. The zero-order chi connectivity index (χ0) is 10.3. The predicted molar refractivity (Wildman–Crippen MR) is 59.9 cm³/mol. The van der Waals surface area contributed by atoms with Gasteiger partial charge in [0.05, 0.1) is 5.54 Å². The van der Waals surface area contributed by atoms with E-state index in [1.54, 1.807) is 6.08 Å². The fourth-order valence-corrected chi connectivity index (χ4v) is 3.39. The van der Waals surface area contributed by atoms with Crippen LogP contribution in [0.2, 0.25) is 0 Å². The molecule has 3 rings (SSSR count). The lowest BCUT2D eigenvalue weighted by Gasteiger charge is -2.12. The molecule has 1 aliphatic carbocycles. The van der Waals surface area contributed by atoms with Crippen LogP contribution < -0.4 is 0 Å². The van der Waals surface area contributed by atoms with E-state index in [1.807, 2.05) is 11.8 Å². The highest BCUT2D eigenvalue weighted by Crippen LogP contribution is 2.52. The Kier molecular flexibility index (Phi) is 1.98. The number of rotatable bonds is 2. The van der Waals surface area contributed by atoms with Gasteiger partial charge in [0.1, 0.15) is 0 Å². The molecule has 1 aromatic rings. The van der Waals surface area contributed by atoms with Gasteiger partial charge in [0.2, 0.25) is 6.08 Å². The SMILES string of the molecule is O=C=NC1(c2cccc3c2CCS3)CC1. The van der Waals surface area contributed by atoms with Crippen molar-refractivity contribution < 1.29 is 4.79 Å². The maximum atomic E-state index is 10.4. The number of benzene rings is 1. The van der Waals surface area contributed by atoms with Crippen LogP contribution in [0.4, 0.5) is 0 Å². The fourth-order valence-electron chi connectivity index (χ4n) is 2.30. The summed E-state index contributed by atoms with van der Waals surface area (Å²) in [6.07, 6.45) is 4.85. The lowest BCUT2D eigenvalue weighted by atomic mass is 9.97. The molecule has 0 bridgehead atoms. The van der Waals surface area contributed by atoms with Gasteiger partial charge in [-0.15, -0.1) is 11.8 Å². The summed E-state index contributed by atoms with van der Waals surface area (Å²) in [5.74, 6) is 1.16. The first kappa shape index (κ1) is 9.20. The molecule has 0 N–H and O–H groups in total. The zero-order valence-electron chi connectivity index (χ0n) is 8.32. The summed E-state index contributed by atoms with van der Waals surface area (Å²) in [6, 6.07) is 6.36. The highest BCUT2D eigenvalue weighted by molar-refractivity contribution is 7.99. The Morgan fingerprint density at radius 3 is 3.00 bits per heavy atom. The van der Waals surface area contributed by atoms with Gasteiger partial charge in [0, 0.05) is 10.6 Å². The van der Waals surface area contributed by atoms with Crippen LogP contribution in [0.3, 0.4) is 0 Å². The Bertz CT molecular complexity index is 459. The van der Waals surface area contributed by atoms with E-state index in [1.165, 1.54) is 16.0 Å². The molecule has 0 unspecified atom stereocenters. The average molecular weight is 217 g/mol. The Hall–Kier alpha value is -1.05. The molecule has 0 amide bonds. The molecule has 3 heteroatoms. The molecule has 1 saturated carbocycles. The molecule has 1 fully saturated rings. The van der Waals surface area contributed by atoms with E-state index in [9.17, 15) is 4.79 Å². The molecule has 2 aliphatic rings. The first-order chi connectivity index (χ1) is 7.36. The van der Waals surface area contributed by atoms with Gasteiger partial charge >= 0.3 is 0 Å². The monoisotopic (exact) mass is 217 g/mol. The number of aliphatic imine (C=N–C) groups is 1. The highest BCUT2D eigenvalue weighted by Gasteiger charge is 2.46. The summed E-state index contributed by atoms with van der Waals surface area (Å²) in [4.78, 5) is 15.8. The third kappa shape index (κ3) is 1.35. The zero-order valence-corrected chi connectivity index (χ0v) is 9.14. The Labute approximate surface area is 92.8 Å². The van der Waals surface area contributed by atoms with Crippen LogP contribution in [0.5, 0.6) is 0 Å². The second-order valence-corrected chi connectivity index (χ2v) is 5.25. The van der Waals surface area contributed by atoms with Crippen molar-refractivity contribution in [2.24, 2.45) is 4.99 Å². The molecule has 76 valence electrons. The van der Waals surface area contributed by atoms with Gasteiger partial charge in [-0.25, -0.2) is 4.79 Å². The summed E-state index contributed by atoms with van der Waals surface area (Å²) in [5, 5.41) is 0. The number of thioether (sulfide) groups is 1. The van der Waals surface area contributed by atoms with Crippen molar-refractivity contribution in [3.63, 3.8) is 0 Å². The Morgan fingerprint density at radius 1 is 1.40 bits per heavy atom. The van der Waals surface area contributed by atoms with Crippen molar-refractivity contribution in [3.8, 4) is 0 Å². The lowest BCUT2D eigenvalue weighted by molar-refractivity contribution is 0.556. The fraction of sp³-hybridized carbons (Fsp3) is 0.417.